The second kappa shape index (κ2) is 5.30. The fraction of sp³-hybridized carbons (Fsp3) is 0.636. The first kappa shape index (κ1) is 13.0. The van der Waals surface area contributed by atoms with Gasteiger partial charge in [0.1, 0.15) is 0 Å². The van der Waals surface area contributed by atoms with Gasteiger partial charge in [0.25, 0.3) is 0 Å². The molecule has 1 unspecified atom stereocenters. The van der Waals surface area contributed by atoms with Gasteiger partial charge in [-0.15, -0.1) is 11.3 Å². The summed E-state index contributed by atoms with van der Waals surface area (Å²) < 4.78 is 0. The molecule has 0 aliphatic rings. The monoisotopic (exact) mass is 242 g/mol. The molecule has 0 aliphatic carbocycles. The van der Waals surface area contributed by atoms with Gasteiger partial charge >= 0.3 is 5.97 Å². The molecule has 1 aromatic rings. The molecule has 4 nitrogen and oxygen atoms in total. The normalized spacial score (nSPS) is 12.5. The van der Waals surface area contributed by atoms with E-state index < -0.39 is 5.97 Å². The third-order valence-electron chi connectivity index (χ3n) is 2.59. The first-order chi connectivity index (χ1) is 7.45. The van der Waals surface area contributed by atoms with E-state index in [1.54, 1.807) is 18.3 Å². The number of anilines is 1. The minimum Gasteiger partial charge on any atom is -0.481 e. The van der Waals surface area contributed by atoms with Gasteiger partial charge in [-0.1, -0.05) is 6.92 Å². The Balaban J connectivity index is 2.78. The summed E-state index contributed by atoms with van der Waals surface area (Å²) in [4.78, 5) is 18.5. The van der Waals surface area contributed by atoms with E-state index in [4.69, 9.17) is 5.11 Å². The van der Waals surface area contributed by atoms with E-state index in [1.807, 2.05) is 25.7 Å². The van der Waals surface area contributed by atoms with Gasteiger partial charge in [-0.05, 0) is 20.8 Å². The SMILES string of the molecule is CCN(CC(C)C(=O)O)c1nc(C)c(C)s1. The van der Waals surface area contributed by atoms with Gasteiger partial charge in [0.15, 0.2) is 5.13 Å². The molecule has 0 aromatic carbocycles. The molecule has 1 atom stereocenters. The minimum atomic E-state index is -0.761. The Morgan fingerprint density at radius 3 is 2.56 bits per heavy atom. The molecule has 1 heterocycles. The Bertz CT molecular complexity index is 357. The zero-order valence-corrected chi connectivity index (χ0v) is 11.0. The Labute approximate surface area is 99.9 Å². The van der Waals surface area contributed by atoms with Crippen LogP contribution >= 0.6 is 11.3 Å². The van der Waals surface area contributed by atoms with Crippen molar-refractivity contribution in [3.63, 3.8) is 0 Å². The smallest absolute Gasteiger partial charge is 0.308 e. The molecule has 0 radical (unpaired) electrons. The molecule has 0 saturated heterocycles. The highest BCUT2D eigenvalue weighted by Gasteiger charge is 2.18. The summed E-state index contributed by atoms with van der Waals surface area (Å²) in [5, 5.41) is 9.81. The van der Waals surface area contributed by atoms with Crippen molar-refractivity contribution in [2.45, 2.75) is 27.7 Å². The summed E-state index contributed by atoms with van der Waals surface area (Å²) in [7, 11) is 0. The molecule has 0 fully saturated rings. The average molecular weight is 242 g/mol. The van der Waals surface area contributed by atoms with E-state index in [-0.39, 0.29) is 5.92 Å². The van der Waals surface area contributed by atoms with Gasteiger partial charge in [-0.2, -0.15) is 0 Å². The Hall–Kier alpha value is -1.10. The third-order valence-corrected chi connectivity index (χ3v) is 3.72. The lowest BCUT2D eigenvalue weighted by Gasteiger charge is -2.21. The zero-order chi connectivity index (χ0) is 12.3. The maximum atomic E-state index is 10.8. The van der Waals surface area contributed by atoms with Crippen LogP contribution in [0.1, 0.15) is 24.4 Å². The molecule has 0 saturated carbocycles. The summed E-state index contributed by atoms with van der Waals surface area (Å²) >= 11 is 1.62. The molecule has 0 spiro atoms. The fourth-order valence-corrected chi connectivity index (χ4v) is 2.32. The highest BCUT2D eigenvalue weighted by atomic mass is 32.1. The van der Waals surface area contributed by atoms with Crippen molar-refractivity contribution in [1.29, 1.82) is 0 Å². The predicted octanol–water partition coefficient (Wildman–Crippen LogP) is 2.31. The van der Waals surface area contributed by atoms with Crippen molar-refractivity contribution in [2.24, 2.45) is 5.92 Å². The van der Waals surface area contributed by atoms with Crippen LogP contribution in [-0.2, 0) is 4.79 Å². The van der Waals surface area contributed by atoms with Crippen LogP contribution < -0.4 is 4.90 Å². The van der Waals surface area contributed by atoms with Crippen LogP contribution in [0.5, 0.6) is 0 Å². The van der Waals surface area contributed by atoms with Gasteiger partial charge in [0, 0.05) is 18.0 Å². The van der Waals surface area contributed by atoms with Crippen LogP contribution in [-0.4, -0.2) is 29.1 Å². The van der Waals surface area contributed by atoms with Crippen LogP contribution in [0.15, 0.2) is 0 Å². The van der Waals surface area contributed by atoms with Crippen LogP contribution in [0, 0.1) is 19.8 Å². The molecular weight excluding hydrogens is 224 g/mol. The number of nitrogens with zero attached hydrogens (tertiary/aromatic N) is 2. The molecule has 0 amide bonds. The van der Waals surface area contributed by atoms with Crippen molar-refractivity contribution in [3.8, 4) is 0 Å². The van der Waals surface area contributed by atoms with Crippen LogP contribution in [0.2, 0.25) is 0 Å². The van der Waals surface area contributed by atoms with Gasteiger partial charge in [0.05, 0.1) is 11.6 Å². The maximum absolute atomic E-state index is 10.8. The van der Waals surface area contributed by atoms with E-state index in [0.717, 1.165) is 17.4 Å². The summed E-state index contributed by atoms with van der Waals surface area (Å²) in [6.45, 7) is 9.04. The maximum Gasteiger partial charge on any atom is 0.308 e. The van der Waals surface area contributed by atoms with Crippen molar-refractivity contribution in [1.82, 2.24) is 4.98 Å². The molecule has 1 rings (SSSR count). The summed E-state index contributed by atoms with van der Waals surface area (Å²) in [5.41, 5.74) is 1.03. The van der Waals surface area contributed by atoms with Crippen LogP contribution in [0.25, 0.3) is 0 Å². The predicted molar refractivity (Wildman–Crippen MR) is 66.3 cm³/mol. The van der Waals surface area contributed by atoms with Crippen LogP contribution in [0.3, 0.4) is 0 Å². The Morgan fingerprint density at radius 1 is 1.56 bits per heavy atom. The van der Waals surface area contributed by atoms with E-state index >= 15 is 0 Å². The van der Waals surface area contributed by atoms with Crippen molar-refractivity contribution in [2.75, 3.05) is 18.0 Å². The van der Waals surface area contributed by atoms with Gasteiger partial charge < -0.3 is 10.0 Å². The number of aliphatic carboxylic acids is 1. The topological polar surface area (TPSA) is 53.4 Å². The van der Waals surface area contributed by atoms with Gasteiger partial charge in [-0.3, -0.25) is 4.79 Å². The molecule has 16 heavy (non-hydrogen) atoms. The van der Waals surface area contributed by atoms with E-state index in [2.05, 4.69) is 4.98 Å². The second-order valence-electron chi connectivity index (χ2n) is 3.92. The highest BCUT2D eigenvalue weighted by Crippen LogP contribution is 2.25. The average Bonchev–Trinajstić information content (AvgIpc) is 2.55. The number of carboxylic acids is 1. The summed E-state index contributed by atoms with van der Waals surface area (Å²) in [5.74, 6) is -1.13. The molecule has 1 aromatic heterocycles. The number of carboxylic acid groups (broad SMARTS) is 1. The first-order valence-electron chi connectivity index (χ1n) is 5.37. The lowest BCUT2D eigenvalue weighted by atomic mass is 10.2. The number of hydrogen-bond donors (Lipinski definition) is 1. The third kappa shape index (κ3) is 2.95. The van der Waals surface area contributed by atoms with E-state index in [9.17, 15) is 4.79 Å². The van der Waals surface area contributed by atoms with Crippen molar-refractivity contribution in [3.05, 3.63) is 10.6 Å². The second-order valence-corrected chi connectivity index (χ2v) is 5.10. The lowest BCUT2D eigenvalue weighted by Crippen LogP contribution is -2.31. The Morgan fingerprint density at radius 2 is 2.19 bits per heavy atom. The van der Waals surface area contributed by atoms with Gasteiger partial charge in [0.2, 0.25) is 0 Å². The molecule has 1 N–H and O–H groups in total. The van der Waals surface area contributed by atoms with E-state index in [0.29, 0.717) is 6.54 Å². The van der Waals surface area contributed by atoms with Crippen LogP contribution in [0.4, 0.5) is 5.13 Å². The largest absolute Gasteiger partial charge is 0.481 e. The first-order valence-corrected chi connectivity index (χ1v) is 6.19. The van der Waals surface area contributed by atoms with Crippen molar-refractivity contribution < 1.29 is 9.90 Å². The summed E-state index contributed by atoms with van der Waals surface area (Å²) in [6.07, 6.45) is 0. The van der Waals surface area contributed by atoms with Gasteiger partial charge in [-0.25, -0.2) is 4.98 Å². The fourth-order valence-electron chi connectivity index (χ4n) is 1.34. The zero-order valence-electron chi connectivity index (χ0n) is 10.1. The van der Waals surface area contributed by atoms with Crippen molar-refractivity contribution >= 4 is 22.4 Å². The van der Waals surface area contributed by atoms with E-state index in [1.165, 1.54) is 4.88 Å². The number of thiazole rings is 1. The number of hydrogen-bond acceptors (Lipinski definition) is 4. The quantitative estimate of drug-likeness (QED) is 0.861. The Kier molecular flexibility index (Phi) is 4.29. The molecule has 90 valence electrons. The number of carbonyl (C=O) groups is 1. The molecular formula is C11H18N2O2S. The number of rotatable bonds is 5. The number of aryl methyl sites for hydroxylation is 2. The highest BCUT2D eigenvalue weighted by molar-refractivity contribution is 7.15. The summed E-state index contributed by atoms with van der Waals surface area (Å²) in [6, 6.07) is 0. The molecule has 5 heteroatoms. The minimum absolute atomic E-state index is 0.371. The molecule has 0 bridgehead atoms. The standard InChI is InChI=1S/C11H18N2O2S/c1-5-13(6-7(2)10(14)15)11-12-8(3)9(4)16-11/h7H,5-6H2,1-4H3,(H,14,15). The molecule has 0 aliphatic heterocycles. The lowest BCUT2D eigenvalue weighted by molar-refractivity contribution is -0.140. The number of aromatic nitrogens is 1.